The summed E-state index contributed by atoms with van der Waals surface area (Å²) in [4.78, 5) is 0. The van der Waals surface area contributed by atoms with Crippen LogP contribution in [0.1, 0.15) is 0 Å². The van der Waals surface area contributed by atoms with Crippen molar-refractivity contribution in [3.8, 4) is 22.3 Å². The van der Waals surface area contributed by atoms with Crippen molar-refractivity contribution in [3.05, 3.63) is 96.0 Å². The zero-order chi connectivity index (χ0) is 21.0. The van der Waals surface area contributed by atoms with Crippen molar-refractivity contribution >= 4 is 65.9 Å². The van der Waals surface area contributed by atoms with Gasteiger partial charge < -0.3 is 4.42 Å². The first-order chi connectivity index (χ1) is 15.8. The van der Waals surface area contributed by atoms with E-state index in [-0.39, 0.29) is 0 Å². The van der Waals surface area contributed by atoms with Crippen molar-refractivity contribution in [2.24, 2.45) is 0 Å². The van der Waals surface area contributed by atoms with E-state index in [9.17, 15) is 0 Å². The Morgan fingerprint density at radius 3 is 1.97 bits per heavy atom. The van der Waals surface area contributed by atoms with Crippen LogP contribution in [-0.2, 0) is 0 Å². The summed E-state index contributed by atoms with van der Waals surface area (Å²) in [6.45, 7) is 0. The highest BCUT2D eigenvalue weighted by Crippen LogP contribution is 2.54. The number of hydrogen-bond acceptors (Lipinski definition) is 1. The summed E-state index contributed by atoms with van der Waals surface area (Å²) in [5.74, 6) is 0. The van der Waals surface area contributed by atoms with Gasteiger partial charge in [0.25, 0.3) is 0 Å². The van der Waals surface area contributed by atoms with E-state index in [1.54, 1.807) is 0 Å². The van der Waals surface area contributed by atoms with Gasteiger partial charge in [-0.1, -0.05) is 84.4 Å². The molecule has 1 aliphatic rings. The van der Waals surface area contributed by atoms with Gasteiger partial charge in [0.05, 0.1) is 5.02 Å². The molecule has 0 aliphatic heterocycles. The van der Waals surface area contributed by atoms with Crippen molar-refractivity contribution in [1.82, 2.24) is 0 Å². The number of halogens is 1. The molecule has 0 N–H and O–H groups in total. The third-order valence-electron chi connectivity index (χ3n) is 7.04. The molecule has 7 aromatic rings. The maximum atomic E-state index is 7.03. The minimum atomic E-state index is 0.803. The molecule has 1 nitrogen and oxygen atoms in total. The third-order valence-corrected chi connectivity index (χ3v) is 7.44. The molecule has 2 heteroatoms. The minimum Gasteiger partial charge on any atom is -0.456 e. The second kappa shape index (κ2) is 5.70. The molecule has 1 aromatic heterocycles. The Kier molecular flexibility index (Phi) is 3.00. The summed E-state index contributed by atoms with van der Waals surface area (Å²) < 4.78 is 6.46. The molecule has 0 fully saturated rings. The topological polar surface area (TPSA) is 13.1 Å². The van der Waals surface area contributed by atoms with E-state index in [4.69, 9.17) is 16.0 Å². The highest BCUT2D eigenvalue weighted by molar-refractivity contribution is 6.45. The van der Waals surface area contributed by atoms with Crippen LogP contribution in [0.4, 0.5) is 0 Å². The lowest BCUT2D eigenvalue weighted by Gasteiger charge is -2.16. The molecule has 0 spiro atoms. The van der Waals surface area contributed by atoms with Crippen LogP contribution in [0.5, 0.6) is 0 Å². The van der Waals surface area contributed by atoms with Gasteiger partial charge in [0, 0.05) is 32.5 Å². The predicted octanol–water partition coefficient (Wildman–Crippen LogP) is 9.35. The summed E-state index contributed by atoms with van der Waals surface area (Å²) >= 11 is 7.03. The van der Waals surface area contributed by atoms with Crippen LogP contribution < -0.4 is 0 Å². The van der Waals surface area contributed by atoms with Crippen LogP contribution >= 0.6 is 11.6 Å². The molecule has 0 saturated heterocycles. The van der Waals surface area contributed by atoms with Crippen LogP contribution in [-0.4, -0.2) is 0 Å². The molecular formula is C30H15ClO. The van der Waals surface area contributed by atoms with Gasteiger partial charge in [0.2, 0.25) is 0 Å². The highest BCUT2D eigenvalue weighted by atomic mass is 35.5. The SMILES string of the molecule is Clc1c2ccccc2c2c3c1ccc1oc4cc5ccccc5c(c4c13)-c1ccccc1-2. The van der Waals surface area contributed by atoms with Crippen molar-refractivity contribution in [2.45, 2.75) is 0 Å². The summed E-state index contributed by atoms with van der Waals surface area (Å²) in [5, 5.41) is 10.1. The smallest absolute Gasteiger partial charge is 0.136 e. The van der Waals surface area contributed by atoms with Crippen LogP contribution in [0.3, 0.4) is 0 Å². The summed E-state index contributed by atoms with van der Waals surface area (Å²) in [7, 11) is 0. The summed E-state index contributed by atoms with van der Waals surface area (Å²) in [6, 6.07) is 32.2. The fourth-order valence-corrected chi connectivity index (χ4v) is 6.10. The zero-order valence-electron chi connectivity index (χ0n) is 16.9. The van der Waals surface area contributed by atoms with E-state index < -0.39 is 0 Å². The van der Waals surface area contributed by atoms with Crippen molar-refractivity contribution in [2.75, 3.05) is 0 Å². The predicted molar refractivity (Wildman–Crippen MR) is 136 cm³/mol. The molecule has 148 valence electrons. The summed E-state index contributed by atoms with van der Waals surface area (Å²) in [5.41, 5.74) is 6.80. The average molecular weight is 427 g/mol. The molecule has 0 bridgehead atoms. The molecule has 0 atom stereocenters. The molecule has 32 heavy (non-hydrogen) atoms. The lowest BCUT2D eigenvalue weighted by molar-refractivity contribution is 0.670. The Bertz CT molecular complexity index is 1940. The maximum absolute atomic E-state index is 7.03. The maximum Gasteiger partial charge on any atom is 0.136 e. The molecule has 6 aromatic carbocycles. The lowest BCUT2D eigenvalue weighted by atomic mass is 9.88. The molecule has 0 amide bonds. The first-order valence-electron chi connectivity index (χ1n) is 10.8. The standard InChI is InChI=1S/C30H15ClO/c31-30-21-12-6-5-11-20(21)26-19-10-4-3-9-18(19)25-17-8-2-1-7-16(17)15-24-29(25)28-23(32-24)14-13-22(30)27(26)28/h1-15H. The van der Waals surface area contributed by atoms with E-state index in [2.05, 4.69) is 91.0 Å². The number of hydrogen-bond donors (Lipinski definition) is 0. The van der Waals surface area contributed by atoms with E-state index in [0.717, 1.165) is 32.3 Å². The van der Waals surface area contributed by atoms with Crippen molar-refractivity contribution in [3.63, 3.8) is 0 Å². The molecule has 1 heterocycles. The van der Waals surface area contributed by atoms with Gasteiger partial charge in [-0.2, -0.15) is 0 Å². The Morgan fingerprint density at radius 1 is 0.500 bits per heavy atom. The molecule has 0 radical (unpaired) electrons. The lowest BCUT2D eigenvalue weighted by Crippen LogP contribution is -1.89. The quantitative estimate of drug-likeness (QED) is 0.220. The van der Waals surface area contributed by atoms with Gasteiger partial charge >= 0.3 is 0 Å². The van der Waals surface area contributed by atoms with E-state index in [0.29, 0.717) is 0 Å². The molecule has 1 aliphatic carbocycles. The Hall–Kier alpha value is -3.81. The normalized spacial score (nSPS) is 12.5. The number of rotatable bonds is 0. The Morgan fingerprint density at radius 2 is 1.16 bits per heavy atom. The van der Waals surface area contributed by atoms with E-state index >= 15 is 0 Å². The van der Waals surface area contributed by atoms with Gasteiger partial charge in [0.15, 0.2) is 0 Å². The van der Waals surface area contributed by atoms with Gasteiger partial charge in [0.1, 0.15) is 11.2 Å². The first kappa shape index (κ1) is 16.8. The van der Waals surface area contributed by atoms with E-state index in [1.165, 1.54) is 49.2 Å². The van der Waals surface area contributed by atoms with Crippen LogP contribution in [0.25, 0.3) is 76.5 Å². The average Bonchev–Trinajstić information content (AvgIpc) is 3.14. The molecule has 0 unspecified atom stereocenters. The Balaban J connectivity index is 1.82. The van der Waals surface area contributed by atoms with Crippen molar-refractivity contribution in [1.29, 1.82) is 0 Å². The first-order valence-corrected chi connectivity index (χ1v) is 11.2. The number of furan rings is 1. The monoisotopic (exact) mass is 426 g/mol. The summed E-state index contributed by atoms with van der Waals surface area (Å²) in [6.07, 6.45) is 0. The number of fused-ring (bicyclic) bond motifs is 7. The van der Waals surface area contributed by atoms with E-state index in [1.807, 2.05) is 0 Å². The third kappa shape index (κ3) is 1.87. The van der Waals surface area contributed by atoms with Gasteiger partial charge in [-0.05, 0) is 51.0 Å². The second-order valence-electron chi connectivity index (χ2n) is 8.59. The second-order valence-corrected chi connectivity index (χ2v) is 8.97. The number of benzene rings is 6. The Labute approximate surface area is 188 Å². The fourth-order valence-electron chi connectivity index (χ4n) is 5.78. The van der Waals surface area contributed by atoms with Crippen LogP contribution in [0.2, 0.25) is 5.02 Å². The van der Waals surface area contributed by atoms with Crippen LogP contribution in [0.15, 0.2) is 95.4 Å². The van der Waals surface area contributed by atoms with Gasteiger partial charge in [-0.25, -0.2) is 0 Å². The minimum absolute atomic E-state index is 0.803. The zero-order valence-corrected chi connectivity index (χ0v) is 17.7. The molecular weight excluding hydrogens is 412 g/mol. The highest BCUT2D eigenvalue weighted by Gasteiger charge is 2.27. The largest absolute Gasteiger partial charge is 0.456 e. The van der Waals surface area contributed by atoms with Gasteiger partial charge in [-0.15, -0.1) is 0 Å². The fraction of sp³-hybridized carbons (Fsp3) is 0. The molecule has 8 rings (SSSR count). The van der Waals surface area contributed by atoms with Gasteiger partial charge in [-0.3, -0.25) is 0 Å². The van der Waals surface area contributed by atoms with Crippen LogP contribution in [0, 0.1) is 0 Å². The molecule has 0 saturated carbocycles. The van der Waals surface area contributed by atoms with Crippen molar-refractivity contribution < 1.29 is 4.42 Å².